The third-order valence-corrected chi connectivity index (χ3v) is 5.58. The van der Waals surface area contributed by atoms with E-state index in [1.54, 1.807) is 18.2 Å². The van der Waals surface area contributed by atoms with Crippen LogP contribution >= 0.6 is 12.4 Å². The van der Waals surface area contributed by atoms with Gasteiger partial charge in [-0.25, -0.2) is 0 Å². The highest BCUT2D eigenvalue weighted by molar-refractivity contribution is 5.93. The van der Waals surface area contributed by atoms with Gasteiger partial charge in [0.15, 0.2) is 18.1 Å². The molecule has 2 fully saturated rings. The summed E-state index contributed by atoms with van der Waals surface area (Å²) >= 11 is 0. The van der Waals surface area contributed by atoms with E-state index in [4.69, 9.17) is 20.9 Å². The maximum absolute atomic E-state index is 12.7. The van der Waals surface area contributed by atoms with E-state index in [-0.39, 0.29) is 36.9 Å². The number of benzene rings is 1. The molecule has 5 N–H and O–H groups in total. The van der Waals surface area contributed by atoms with Crippen molar-refractivity contribution in [3.63, 3.8) is 0 Å². The Morgan fingerprint density at radius 1 is 1.19 bits per heavy atom. The van der Waals surface area contributed by atoms with E-state index >= 15 is 0 Å². The lowest BCUT2D eigenvalue weighted by Gasteiger charge is -2.43. The zero-order valence-electron chi connectivity index (χ0n) is 15.5. The van der Waals surface area contributed by atoms with Gasteiger partial charge in [0.1, 0.15) is 0 Å². The molecule has 0 heterocycles. The number of fused-ring (bicyclic) bond motifs is 2. The van der Waals surface area contributed by atoms with E-state index in [0.717, 1.165) is 25.7 Å². The van der Waals surface area contributed by atoms with Gasteiger partial charge in [-0.15, -0.1) is 12.4 Å². The predicted molar refractivity (Wildman–Crippen MR) is 105 cm³/mol. The second-order valence-corrected chi connectivity index (χ2v) is 7.31. The van der Waals surface area contributed by atoms with Crippen molar-refractivity contribution in [2.75, 3.05) is 19.0 Å². The second-order valence-electron chi connectivity index (χ2n) is 7.31. The Balaban J connectivity index is 0.00000261. The molecule has 2 bridgehead atoms. The number of anilines is 1. The molecule has 1 aromatic rings. The first kappa shape index (κ1) is 21.3. The Kier molecular flexibility index (Phi) is 7.33. The summed E-state index contributed by atoms with van der Waals surface area (Å²) in [7, 11) is 1.51. The number of hydrogen-bond donors (Lipinski definition) is 3. The number of methoxy groups -OCH3 is 1. The quantitative estimate of drug-likeness (QED) is 0.679. The molecule has 2 aliphatic carbocycles. The maximum atomic E-state index is 12.7. The van der Waals surface area contributed by atoms with Crippen LogP contribution in [0, 0.1) is 17.8 Å². The summed E-state index contributed by atoms with van der Waals surface area (Å²) in [6, 6.07) is 5.33. The van der Waals surface area contributed by atoms with Gasteiger partial charge in [-0.3, -0.25) is 9.59 Å². The van der Waals surface area contributed by atoms with Crippen molar-refractivity contribution in [3.05, 3.63) is 18.2 Å². The number of rotatable bonds is 6. The first-order valence-electron chi connectivity index (χ1n) is 9.13. The molecule has 2 saturated carbocycles. The minimum absolute atomic E-state index is 0. The van der Waals surface area contributed by atoms with E-state index in [2.05, 4.69) is 5.32 Å². The number of primary amides is 1. The van der Waals surface area contributed by atoms with Crippen molar-refractivity contribution in [1.82, 2.24) is 0 Å². The molecule has 7 nitrogen and oxygen atoms in total. The van der Waals surface area contributed by atoms with Crippen molar-refractivity contribution >= 4 is 29.9 Å². The maximum Gasteiger partial charge on any atom is 0.255 e. The van der Waals surface area contributed by atoms with Gasteiger partial charge in [-0.05, 0) is 49.7 Å². The molecule has 0 radical (unpaired) electrons. The number of ether oxygens (including phenoxy) is 2. The Morgan fingerprint density at radius 2 is 1.85 bits per heavy atom. The van der Waals surface area contributed by atoms with E-state index in [0.29, 0.717) is 29.0 Å². The van der Waals surface area contributed by atoms with Crippen molar-refractivity contribution in [1.29, 1.82) is 0 Å². The van der Waals surface area contributed by atoms with Crippen LogP contribution in [0.25, 0.3) is 0 Å². The average Bonchev–Trinajstić information content (AvgIpc) is 2.59. The minimum atomic E-state index is -0.577. The van der Waals surface area contributed by atoms with Crippen LogP contribution in [0.4, 0.5) is 5.69 Å². The van der Waals surface area contributed by atoms with Crippen LogP contribution in [0.1, 0.15) is 32.1 Å². The summed E-state index contributed by atoms with van der Waals surface area (Å²) in [5, 5.41) is 2.96. The summed E-state index contributed by atoms with van der Waals surface area (Å²) in [4.78, 5) is 23.7. The SMILES string of the molecule is COc1ccc(NC(=O)C2CC3CCCC(C2)C3N)cc1OCC(N)=O.Cl. The summed E-state index contributed by atoms with van der Waals surface area (Å²) in [6.07, 6.45) is 5.16. The van der Waals surface area contributed by atoms with Gasteiger partial charge < -0.3 is 26.3 Å². The van der Waals surface area contributed by atoms with Crippen molar-refractivity contribution in [2.24, 2.45) is 29.2 Å². The van der Waals surface area contributed by atoms with Crippen LogP contribution < -0.4 is 26.3 Å². The molecule has 150 valence electrons. The average molecular weight is 398 g/mol. The van der Waals surface area contributed by atoms with Gasteiger partial charge in [0.2, 0.25) is 5.91 Å². The fraction of sp³-hybridized carbons (Fsp3) is 0.579. The summed E-state index contributed by atoms with van der Waals surface area (Å²) in [5.41, 5.74) is 12.0. The molecule has 2 atom stereocenters. The van der Waals surface area contributed by atoms with Crippen molar-refractivity contribution in [3.8, 4) is 11.5 Å². The number of halogens is 1. The van der Waals surface area contributed by atoms with Crippen LogP contribution in [0.2, 0.25) is 0 Å². The lowest BCUT2D eigenvalue weighted by Crippen LogP contribution is -2.48. The van der Waals surface area contributed by atoms with Crippen LogP contribution in [0.15, 0.2) is 18.2 Å². The normalized spacial score (nSPS) is 26.4. The van der Waals surface area contributed by atoms with Gasteiger partial charge in [-0.2, -0.15) is 0 Å². The number of nitrogens with one attached hydrogen (secondary N) is 1. The molecule has 0 saturated heterocycles. The zero-order valence-corrected chi connectivity index (χ0v) is 16.3. The second kappa shape index (κ2) is 9.28. The Morgan fingerprint density at radius 3 is 2.44 bits per heavy atom. The standard InChI is InChI=1S/C19H27N3O4.ClH/c1-25-15-6-5-14(9-16(15)26-10-17(20)23)22-19(24)13-7-11-3-2-4-12(8-13)18(11)21;/h5-6,9,11-13,18H,2-4,7-8,10,21H2,1H3,(H2,20,23)(H,22,24);1H. The molecule has 0 spiro atoms. The minimum Gasteiger partial charge on any atom is -0.493 e. The fourth-order valence-electron chi connectivity index (χ4n) is 4.26. The number of carbonyl (C=O) groups excluding carboxylic acids is 2. The summed E-state index contributed by atoms with van der Waals surface area (Å²) < 4.78 is 10.6. The zero-order chi connectivity index (χ0) is 18.7. The molecule has 1 aromatic carbocycles. The molecule has 27 heavy (non-hydrogen) atoms. The largest absolute Gasteiger partial charge is 0.493 e. The molecule has 0 aliphatic heterocycles. The first-order valence-corrected chi connectivity index (χ1v) is 9.13. The molecule has 0 aromatic heterocycles. The van der Waals surface area contributed by atoms with Gasteiger partial charge in [0, 0.05) is 23.7 Å². The third kappa shape index (κ3) is 5.05. The van der Waals surface area contributed by atoms with Gasteiger partial charge in [-0.1, -0.05) is 6.42 Å². The van der Waals surface area contributed by atoms with Crippen LogP contribution in [0.3, 0.4) is 0 Å². The Bertz CT molecular complexity index is 671. The van der Waals surface area contributed by atoms with E-state index in [9.17, 15) is 9.59 Å². The summed E-state index contributed by atoms with van der Waals surface area (Å²) in [5.74, 6) is 1.16. The third-order valence-electron chi connectivity index (χ3n) is 5.58. The molecule has 2 amide bonds. The topological polar surface area (TPSA) is 117 Å². The number of nitrogens with two attached hydrogens (primary N) is 2. The molecular weight excluding hydrogens is 370 g/mol. The Hall–Kier alpha value is -1.99. The van der Waals surface area contributed by atoms with Crippen LogP contribution in [-0.2, 0) is 9.59 Å². The molecule has 2 unspecified atom stereocenters. The van der Waals surface area contributed by atoms with E-state index in [1.807, 2.05) is 0 Å². The highest BCUT2D eigenvalue weighted by atomic mass is 35.5. The molecule has 8 heteroatoms. The number of amides is 2. The van der Waals surface area contributed by atoms with Crippen LogP contribution in [0.5, 0.6) is 11.5 Å². The predicted octanol–water partition coefficient (Wildman–Crippen LogP) is 2.07. The first-order chi connectivity index (χ1) is 12.5. The number of hydrogen-bond acceptors (Lipinski definition) is 5. The van der Waals surface area contributed by atoms with Crippen LogP contribution in [-0.4, -0.2) is 31.6 Å². The number of carbonyl (C=O) groups is 2. The summed E-state index contributed by atoms with van der Waals surface area (Å²) in [6.45, 7) is -0.252. The van der Waals surface area contributed by atoms with Gasteiger partial charge in [0.25, 0.3) is 5.91 Å². The molecule has 3 rings (SSSR count). The lowest BCUT2D eigenvalue weighted by molar-refractivity contribution is -0.122. The van der Waals surface area contributed by atoms with Gasteiger partial charge >= 0.3 is 0 Å². The Labute approximate surface area is 165 Å². The van der Waals surface area contributed by atoms with Crippen molar-refractivity contribution in [2.45, 2.75) is 38.1 Å². The molecule has 2 aliphatic rings. The molecular formula is C19H28ClN3O4. The van der Waals surface area contributed by atoms with Gasteiger partial charge in [0.05, 0.1) is 7.11 Å². The highest BCUT2D eigenvalue weighted by Crippen LogP contribution is 2.42. The monoisotopic (exact) mass is 397 g/mol. The van der Waals surface area contributed by atoms with Crippen molar-refractivity contribution < 1.29 is 19.1 Å². The highest BCUT2D eigenvalue weighted by Gasteiger charge is 2.40. The lowest BCUT2D eigenvalue weighted by atomic mass is 9.65. The van der Waals surface area contributed by atoms with E-state index in [1.165, 1.54) is 13.5 Å². The fourth-order valence-corrected chi connectivity index (χ4v) is 4.26. The van der Waals surface area contributed by atoms with E-state index < -0.39 is 5.91 Å². The smallest absolute Gasteiger partial charge is 0.255 e.